The molecule has 1 aliphatic rings. The number of hydrogen-bond donors (Lipinski definition) is 1. The highest BCUT2D eigenvalue weighted by Gasteiger charge is 2.19. The number of aromatic nitrogens is 1. The molecule has 1 aromatic heterocycles. The van der Waals surface area contributed by atoms with E-state index in [1.165, 1.54) is 37.5 Å². The molecule has 19 heavy (non-hydrogen) atoms. The van der Waals surface area contributed by atoms with Gasteiger partial charge in [0.1, 0.15) is 5.01 Å². The molecule has 1 fully saturated rings. The van der Waals surface area contributed by atoms with Gasteiger partial charge in [-0.2, -0.15) is 0 Å². The van der Waals surface area contributed by atoms with Crippen LogP contribution < -0.4 is 5.32 Å². The normalized spacial score (nSPS) is 18.3. The van der Waals surface area contributed by atoms with E-state index in [-0.39, 0.29) is 0 Å². The largest absolute Gasteiger partial charge is 0.316 e. The topological polar surface area (TPSA) is 28.2 Å². The fourth-order valence-electron chi connectivity index (χ4n) is 2.59. The van der Waals surface area contributed by atoms with Crippen molar-refractivity contribution in [2.45, 2.75) is 40.2 Å². The summed E-state index contributed by atoms with van der Waals surface area (Å²) in [6.45, 7) is 12.5. The summed E-state index contributed by atoms with van der Waals surface area (Å²) < 4.78 is 0. The van der Waals surface area contributed by atoms with Gasteiger partial charge < -0.3 is 5.32 Å². The average molecular weight is 281 g/mol. The first-order valence-corrected chi connectivity index (χ1v) is 8.35. The molecule has 0 saturated carbocycles. The molecule has 0 bridgehead atoms. The highest BCUT2D eigenvalue weighted by Crippen LogP contribution is 2.19. The molecule has 0 amide bonds. The third-order valence-corrected chi connectivity index (χ3v) is 4.67. The van der Waals surface area contributed by atoms with Crippen molar-refractivity contribution in [3.63, 3.8) is 0 Å². The lowest BCUT2D eigenvalue weighted by Gasteiger charge is -2.31. The molecule has 0 atom stereocenters. The van der Waals surface area contributed by atoms with Crippen molar-refractivity contribution >= 4 is 11.3 Å². The lowest BCUT2D eigenvalue weighted by Crippen LogP contribution is -2.37. The first kappa shape index (κ1) is 14.9. The minimum absolute atomic E-state index is 0.758. The van der Waals surface area contributed by atoms with Crippen LogP contribution in [0.4, 0.5) is 0 Å². The molecule has 4 heteroatoms. The highest BCUT2D eigenvalue weighted by atomic mass is 32.1. The summed E-state index contributed by atoms with van der Waals surface area (Å²) in [6, 6.07) is 0. The maximum absolute atomic E-state index is 4.56. The zero-order valence-electron chi connectivity index (χ0n) is 12.5. The van der Waals surface area contributed by atoms with Crippen molar-refractivity contribution in [1.82, 2.24) is 15.2 Å². The Hall–Kier alpha value is -0.450. The number of nitrogens with one attached hydrogen (secondary N) is 1. The summed E-state index contributed by atoms with van der Waals surface area (Å²) in [5, 5.41) is 7.02. The van der Waals surface area contributed by atoms with E-state index < -0.39 is 0 Å². The quantitative estimate of drug-likeness (QED) is 0.869. The zero-order chi connectivity index (χ0) is 13.7. The van der Waals surface area contributed by atoms with Crippen molar-refractivity contribution in [2.24, 2.45) is 11.8 Å². The monoisotopic (exact) mass is 281 g/mol. The molecule has 0 spiro atoms. The van der Waals surface area contributed by atoms with Crippen LogP contribution in [0, 0.1) is 18.8 Å². The van der Waals surface area contributed by atoms with Crippen molar-refractivity contribution in [2.75, 3.05) is 26.2 Å². The zero-order valence-corrected chi connectivity index (χ0v) is 13.3. The predicted molar refractivity (Wildman–Crippen MR) is 82.6 cm³/mol. The van der Waals surface area contributed by atoms with Gasteiger partial charge in [-0.25, -0.2) is 4.98 Å². The van der Waals surface area contributed by atoms with Gasteiger partial charge in [0.05, 0.1) is 6.54 Å². The fourth-order valence-corrected chi connectivity index (χ4v) is 3.40. The lowest BCUT2D eigenvalue weighted by molar-refractivity contribution is 0.174. The number of thiazole rings is 1. The average Bonchev–Trinajstić information content (AvgIpc) is 2.77. The SMILES string of the molecule is Cc1csc(CN2CCC(CNCC(C)C)CC2)n1. The Kier molecular flexibility index (Phi) is 5.79. The molecule has 1 aromatic rings. The Morgan fingerprint density at radius 3 is 2.74 bits per heavy atom. The Balaban J connectivity index is 1.65. The van der Waals surface area contributed by atoms with Gasteiger partial charge in [-0.15, -0.1) is 11.3 Å². The Morgan fingerprint density at radius 1 is 1.42 bits per heavy atom. The van der Waals surface area contributed by atoms with Crippen LogP contribution in [0.5, 0.6) is 0 Å². The second-order valence-electron chi connectivity index (χ2n) is 6.15. The molecular formula is C15H27N3S. The Morgan fingerprint density at radius 2 is 2.16 bits per heavy atom. The van der Waals surface area contributed by atoms with Crippen LogP contribution in [0.3, 0.4) is 0 Å². The van der Waals surface area contributed by atoms with Crippen LogP contribution in [-0.4, -0.2) is 36.1 Å². The van der Waals surface area contributed by atoms with E-state index in [1.807, 2.05) is 0 Å². The van der Waals surface area contributed by atoms with Gasteiger partial charge in [-0.3, -0.25) is 4.90 Å². The maximum atomic E-state index is 4.56. The maximum Gasteiger partial charge on any atom is 0.107 e. The minimum atomic E-state index is 0.758. The van der Waals surface area contributed by atoms with E-state index in [0.717, 1.165) is 30.6 Å². The summed E-state index contributed by atoms with van der Waals surface area (Å²) in [7, 11) is 0. The summed E-state index contributed by atoms with van der Waals surface area (Å²) in [5.41, 5.74) is 1.16. The van der Waals surface area contributed by atoms with Crippen LogP contribution in [0.2, 0.25) is 0 Å². The molecule has 0 aliphatic carbocycles. The van der Waals surface area contributed by atoms with E-state index in [0.29, 0.717) is 0 Å². The van der Waals surface area contributed by atoms with E-state index in [4.69, 9.17) is 0 Å². The Bertz CT molecular complexity index is 367. The third kappa shape index (κ3) is 5.21. The molecule has 1 N–H and O–H groups in total. The van der Waals surface area contributed by atoms with Gasteiger partial charge >= 0.3 is 0 Å². The van der Waals surface area contributed by atoms with Gasteiger partial charge in [0, 0.05) is 11.1 Å². The van der Waals surface area contributed by atoms with Crippen LogP contribution in [-0.2, 0) is 6.54 Å². The first-order valence-electron chi connectivity index (χ1n) is 7.47. The standard InChI is InChI=1S/C15H27N3S/c1-12(2)8-16-9-14-4-6-18(7-5-14)10-15-17-13(3)11-19-15/h11-12,14,16H,4-10H2,1-3H3. The minimum Gasteiger partial charge on any atom is -0.316 e. The second kappa shape index (κ2) is 7.36. The van der Waals surface area contributed by atoms with Crippen molar-refractivity contribution in [1.29, 1.82) is 0 Å². The summed E-state index contributed by atoms with van der Waals surface area (Å²) in [6.07, 6.45) is 2.66. The van der Waals surface area contributed by atoms with Crippen molar-refractivity contribution in [3.05, 3.63) is 16.1 Å². The molecule has 0 radical (unpaired) electrons. The van der Waals surface area contributed by atoms with Gasteiger partial charge in [-0.05, 0) is 57.8 Å². The van der Waals surface area contributed by atoms with Gasteiger partial charge in [0.25, 0.3) is 0 Å². The number of rotatable bonds is 6. The number of hydrogen-bond acceptors (Lipinski definition) is 4. The lowest BCUT2D eigenvalue weighted by atomic mass is 9.96. The van der Waals surface area contributed by atoms with Gasteiger partial charge in [0.15, 0.2) is 0 Å². The number of aryl methyl sites for hydroxylation is 1. The van der Waals surface area contributed by atoms with Crippen LogP contribution in [0.15, 0.2) is 5.38 Å². The predicted octanol–water partition coefficient (Wildman–Crippen LogP) is 2.91. The van der Waals surface area contributed by atoms with Crippen LogP contribution in [0.1, 0.15) is 37.4 Å². The van der Waals surface area contributed by atoms with Crippen LogP contribution >= 0.6 is 11.3 Å². The smallest absolute Gasteiger partial charge is 0.107 e. The number of nitrogens with zero attached hydrogens (tertiary/aromatic N) is 2. The molecule has 3 nitrogen and oxygen atoms in total. The molecular weight excluding hydrogens is 254 g/mol. The second-order valence-corrected chi connectivity index (χ2v) is 7.10. The van der Waals surface area contributed by atoms with Crippen molar-refractivity contribution < 1.29 is 0 Å². The van der Waals surface area contributed by atoms with Gasteiger partial charge in [-0.1, -0.05) is 13.8 Å². The van der Waals surface area contributed by atoms with Crippen molar-refractivity contribution in [3.8, 4) is 0 Å². The van der Waals surface area contributed by atoms with E-state index >= 15 is 0 Å². The highest BCUT2D eigenvalue weighted by molar-refractivity contribution is 7.09. The molecule has 0 aromatic carbocycles. The van der Waals surface area contributed by atoms with Crippen LogP contribution in [0.25, 0.3) is 0 Å². The van der Waals surface area contributed by atoms with E-state index in [2.05, 4.69) is 41.4 Å². The molecule has 1 saturated heterocycles. The summed E-state index contributed by atoms with van der Waals surface area (Å²) >= 11 is 1.80. The van der Waals surface area contributed by atoms with Gasteiger partial charge in [0.2, 0.25) is 0 Å². The first-order chi connectivity index (χ1) is 9.13. The Labute approximate surface area is 121 Å². The third-order valence-electron chi connectivity index (χ3n) is 3.72. The van der Waals surface area contributed by atoms with E-state index in [1.54, 1.807) is 11.3 Å². The summed E-state index contributed by atoms with van der Waals surface area (Å²) in [4.78, 5) is 7.11. The number of likely N-dealkylation sites (tertiary alicyclic amines) is 1. The molecule has 108 valence electrons. The summed E-state index contributed by atoms with van der Waals surface area (Å²) in [5.74, 6) is 1.63. The molecule has 1 aliphatic heterocycles. The number of piperidine rings is 1. The fraction of sp³-hybridized carbons (Fsp3) is 0.800. The molecule has 2 heterocycles. The van der Waals surface area contributed by atoms with E-state index in [9.17, 15) is 0 Å². The molecule has 0 unspecified atom stereocenters. The molecule has 2 rings (SSSR count).